The summed E-state index contributed by atoms with van der Waals surface area (Å²) in [5.74, 6) is -0.867. The van der Waals surface area contributed by atoms with Gasteiger partial charge in [-0.1, -0.05) is 49.2 Å². The quantitative estimate of drug-likeness (QED) is 0.373. The molecule has 0 bridgehead atoms. The summed E-state index contributed by atoms with van der Waals surface area (Å²) < 4.78 is 5.65. The molecule has 0 saturated carbocycles. The Morgan fingerprint density at radius 2 is 1.75 bits per heavy atom. The van der Waals surface area contributed by atoms with Crippen LogP contribution in [0.25, 0.3) is 0 Å². The van der Waals surface area contributed by atoms with Gasteiger partial charge in [0, 0.05) is 11.4 Å². The lowest BCUT2D eigenvalue weighted by molar-refractivity contribution is -0.130. The van der Waals surface area contributed by atoms with Crippen LogP contribution in [0.4, 0.5) is 0 Å². The second-order valence-corrected chi connectivity index (χ2v) is 8.42. The molecule has 0 saturated heterocycles. The summed E-state index contributed by atoms with van der Waals surface area (Å²) in [4.78, 5) is 37.0. The van der Waals surface area contributed by atoms with Crippen LogP contribution in [0.2, 0.25) is 10.0 Å². The summed E-state index contributed by atoms with van der Waals surface area (Å²) >= 11 is 12.0. The van der Waals surface area contributed by atoms with Crippen molar-refractivity contribution in [2.45, 2.75) is 39.7 Å². The molecule has 172 valence electrons. The van der Waals surface area contributed by atoms with Gasteiger partial charge >= 0.3 is 0 Å². The van der Waals surface area contributed by atoms with Crippen molar-refractivity contribution < 1.29 is 19.1 Å². The maximum atomic E-state index is 12.5. The zero-order valence-electron chi connectivity index (χ0n) is 18.2. The van der Waals surface area contributed by atoms with E-state index < -0.39 is 17.9 Å². The molecule has 0 aliphatic rings. The summed E-state index contributed by atoms with van der Waals surface area (Å²) in [6.07, 6.45) is 0.617. The van der Waals surface area contributed by atoms with Gasteiger partial charge in [0.1, 0.15) is 11.8 Å². The summed E-state index contributed by atoms with van der Waals surface area (Å²) in [5.41, 5.74) is 5.92. The number of amides is 3. The first-order valence-corrected chi connectivity index (χ1v) is 11.0. The lowest BCUT2D eigenvalue weighted by atomic mass is 10.0. The Kier molecular flexibility index (Phi) is 9.81. The van der Waals surface area contributed by atoms with Gasteiger partial charge in [-0.15, -0.1) is 0 Å². The average Bonchev–Trinajstić information content (AvgIpc) is 2.74. The van der Waals surface area contributed by atoms with Gasteiger partial charge in [0.15, 0.2) is 0 Å². The van der Waals surface area contributed by atoms with Gasteiger partial charge in [-0.2, -0.15) is 0 Å². The van der Waals surface area contributed by atoms with E-state index in [2.05, 4.69) is 16.2 Å². The van der Waals surface area contributed by atoms with E-state index in [1.807, 2.05) is 6.92 Å². The molecule has 3 N–H and O–H groups in total. The molecule has 0 aromatic heterocycles. The number of ether oxygens (including phenoxy) is 1. The number of carbonyl (C=O) groups excluding carboxylic acids is 3. The van der Waals surface area contributed by atoms with Crippen LogP contribution in [0.1, 0.15) is 42.6 Å². The van der Waals surface area contributed by atoms with E-state index in [0.29, 0.717) is 23.8 Å². The van der Waals surface area contributed by atoms with Crippen LogP contribution in [0.15, 0.2) is 42.5 Å². The highest BCUT2D eigenvalue weighted by Crippen LogP contribution is 2.22. The minimum absolute atomic E-state index is 0.158. The maximum Gasteiger partial charge on any atom is 0.261 e. The van der Waals surface area contributed by atoms with Gasteiger partial charge in [0.2, 0.25) is 5.91 Å². The zero-order chi connectivity index (χ0) is 23.7. The molecule has 7 nitrogen and oxygen atoms in total. The first-order valence-electron chi connectivity index (χ1n) is 10.2. The van der Waals surface area contributed by atoms with Gasteiger partial charge in [-0.05, 0) is 55.2 Å². The van der Waals surface area contributed by atoms with Crippen molar-refractivity contribution in [1.82, 2.24) is 16.2 Å². The Bertz CT molecular complexity index is 966. The van der Waals surface area contributed by atoms with Crippen LogP contribution < -0.4 is 20.9 Å². The minimum Gasteiger partial charge on any atom is -0.493 e. The first kappa shape index (κ1) is 25.5. The summed E-state index contributed by atoms with van der Waals surface area (Å²) in [5, 5.41) is 3.58. The average molecular weight is 480 g/mol. The Morgan fingerprint density at radius 3 is 2.41 bits per heavy atom. The number of hydrazine groups is 1. The number of halogens is 2. The fourth-order valence-electron chi connectivity index (χ4n) is 2.86. The van der Waals surface area contributed by atoms with Gasteiger partial charge in [-0.25, -0.2) is 0 Å². The van der Waals surface area contributed by atoms with Gasteiger partial charge in [0.25, 0.3) is 11.8 Å². The van der Waals surface area contributed by atoms with E-state index >= 15 is 0 Å². The Morgan fingerprint density at radius 1 is 1.03 bits per heavy atom. The molecular weight excluding hydrogens is 453 g/mol. The Hall–Kier alpha value is -2.77. The fourth-order valence-corrected chi connectivity index (χ4v) is 3.31. The molecule has 0 radical (unpaired) electrons. The van der Waals surface area contributed by atoms with Crippen LogP contribution in [0.3, 0.4) is 0 Å². The van der Waals surface area contributed by atoms with Crippen LogP contribution in [-0.4, -0.2) is 30.4 Å². The molecule has 9 heteroatoms. The highest BCUT2D eigenvalue weighted by Gasteiger charge is 2.25. The second kappa shape index (κ2) is 12.3. The van der Waals surface area contributed by atoms with E-state index in [-0.39, 0.29) is 28.8 Å². The Balaban J connectivity index is 1.77. The van der Waals surface area contributed by atoms with Crippen molar-refractivity contribution in [3.8, 4) is 5.75 Å². The van der Waals surface area contributed by atoms with Crippen molar-refractivity contribution >= 4 is 40.9 Å². The molecular formula is C23H27Cl2N3O4. The van der Waals surface area contributed by atoms with E-state index in [9.17, 15) is 14.4 Å². The standard InChI is InChI=1S/C23H27Cl2N3O4/c1-14(2)21(26-22(30)17-7-4-5-8-18(17)25)23(31)28-27-20(29)9-6-12-32-19-11-10-16(24)13-15(19)3/h4-5,7-8,10-11,13-14,21H,6,9,12H2,1-3H3,(H,26,30)(H,27,29)(H,28,31)/t21-/m0/s1. The van der Waals surface area contributed by atoms with Crippen molar-refractivity contribution in [3.05, 3.63) is 63.6 Å². The van der Waals surface area contributed by atoms with E-state index in [1.165, 1.54) is 0 Å². The zero-order valence-corrected chi connectivity index (χ0v) is 19.7. The van der Waals surface area contributed by atoms with Gasteiger partial charge in [0.05, 0.1) is 17.2 Å². The number of benzene rings is 2. The van der Waals surface area contributed by atoms with Crippen molar-refractivity contribution in [2.24, 2.45) is 5.92 Å². The first-order chi connectivity index (χ1) is 15.2. The van der Waals surface area contributed by atoms with Crippen LogP contribution in [0, 0.1) is 12.8 Å². The largest absolute Gasteiger partial charge is 0.493 e. The van der Waals surface area contributed by atoms with Crippen molar-refractivity contribution in [2.75, 3.05) is 6.61 Å². The van der Waals surface area contributed by atoms with Crippen LogP contribution in [-0.2, 0) is 9.59 Å². The maximum absolute atomic E-state index is 12.5. The van der Waals surface area contributed by atoms with Gasteiger partial charge in [-0.3, -0.25) is 25.2 Å². The predicted octanol–water partition coefficient (Wildman–Crippen LogP) is 4.06. The lowest BCUT2D eigenvalue weighted by Crippen LogP contribution is -2.54. The topological polar surface area (TPSA) is 96.5 Å². The summed E-state index contributed by atoms with van der Waals surface area (Å²) in [7, 11) is 0. The third-order valence-corrected chi connectivity index (χ3v) is 5.19. The number of hydrogen-bond acceptors (Lipinski definition) is 4. The molecule has 3 amide bonds. The second-order valence-electron chi connectivity index (χ2n) is 7.57. The molecule has 0 fully saturated rings. The molecule has 2 aromatic rings. The number of nitrogens with one attached hydrogen (secondary N) is 3. The molecule has 0 aliphatic carbocycles. The van der Waals surface area contributed by atoms with Gasteiger partial charge < -0.3 is 10.1 Å². The third kappa shape index (κ3) is 7.73. The molecule has 32 heavy (non-hydrogen) atoms. The molecule has 0 spiro atoms. The number of carbonyl (C=O) groups is 3. The van der Waals surface area contributed by atoms with E-state index in [1.54, 1.807) is 56.3 Å². The lowest BCUT2D eigenvalue weighted by Gasteiger charge is -2.22. The number of rotatable bonds is 9. The summed E-state index contributed by atoms with van der Waals surface area (Å²) in [6.45, 7) is 5.80. The molecule has 0 unspecified atom stereocenters. The normalized spacial score (nSPS) is 11.6. The molecule has 0 heterocycles. The number of hydrogen-bond donors (Lipinski definition) is 3. The molecule has 2 rings (SSSR count). The smallest absolute Gasteiger partial charge is 0.261 e. The predicted molar refractivity (Wildman–Crippen MR) is 125 cm³/mol. The monoisotopic (exact) mass is 479 g/mol. The molecule has 0 aliphatic heterocycles. The SMILES string of the molecule is Cc1cc(Cl)ccc1OCCCC(=O)NNC(=O)[C@@H](NC(=O)c1ccccc1Cl)C(C)C. The molecule has 1 atom stereocenters. The highest BCUT2D eigenvalue weighted by molar-refractivity contribution is 6.33. The van der Waals surface area contributed by atoms with Crippen molar-refractivity contribution in [1.29, 1.82) is 0 Å². The van der Waals surface area contributed by atoms with E-state index in [4.69, 9.17) is 27.9 Å². The summed E-state index contributed by atoms with van der Waals surface area (Å²) in [6, 6.07) is 11.0. The Labute approximate surface area is 197 Å². The third-order valence-electron chi connectivity index (χ3n) is 4.62. The molecule has 2 aromatic carbocycles. The van der Waals surface area contributed by atoms with Crippen LogP contribution in [0.5, 0.6) is 5.75 Å². The minimum atomic E-state index is -0.852. The number of aryl methyl sites for hydroxylation is 1. The van der Waals surface area contributed by atoms with Crippen molar-refractivity contribution in [3.63, 3.8) is 0 Å². The fraction of sp³-hybridized carbons (Fsp3) is 0.348. The van der Waals surface area contributed by atoms with Crippen LogP contribution >= 0.6 is 23.2 Å². The highest BCUT2D eigenvalue weighted by atomic mass is 35.5. The van der Waals surface area contributed by atoms with E-state index in [0.717, 1.165) is 5.56 Å².